The van der Waals surface area contributed by atoms with Gasteiger partial charge in [-0.3, -0.25) is 14.4 Å². The molecule has 0 spiro atoms. The zero-order valence-corrected chi connectivity index (χ0v) is 9.02. The predicted octanol–water partition coefficient (Wildman–Crippen LogP) is 1.15. The van der Waals surface area contributed by atoms with Gasteiger partial charge in [0.25, 0.3) is 11.8 Å². The van der Waals surface area contributed by atoms with Crippen molar-refractivity contribution in [3.8, 4) is 0 Å². The molecule has 6 heteroatoms. The van der Waals surface area contributed by atoms with E-state index in [1.54, 1.807) is 0 Å². The number of hydrogen-bond acceptors (Lipinski definition) is 5. The van der Waals surface area contributed by atoms with Gasteiger partial charge in [0.1, 0.15) is 5.60 Å². The molecule has 2 rings (SSSR count). The Balaban J connectivity index is 1.87. The molecule has 0 aromatic rings. The van der Waals surface area contributed by atoms with Gasteiger partial charge in [0.05, 0.1) is 0 Å². The molecule has 2 amide bonds. The lowest BCUT2D eigenvalue weighted by molar-refractivity contribution is -0.179. The van der Waals surface area contributed by atoms with Crippen molar-refractivity contribution in [2.45, 2.75) is 44.6 Å². The first-order valence-corrected chi connectivity index (χ1v) is 5.33. The first-order valence-electron chi connectivity index (χ1n) is 5.33. The van der Waals surface area contributed by atoms with Crippen LogP contribution in [0.4, 0.5) is 4.79 Å². The van der Waals surface area contributed by atoms with E-state index in [9.17, 15) is 14.4 Å². The Morgan fingerprint density at radius 1 is 1.31 bits per heavy atom. The van der Waals surface area contributed by atoms with Crippen LogP contribution in [0.1, 0.15) is 39.0 Å². The van der Waals surface area contributed by atoms with Gasteiger partial charge in [-0.2, -0.15) is 0 Å². The van der Waals surface area contributed by atoms with E-state index in [1.165, 1.54) is 0 Å². The molecule has 88 valence electrons. The second kappa shape index (κ2) is 3.77. The van der Waals surface area contributed by atoms with Gasteiger partial charge < -0.3 is 4.74 Å². The van der Waals surface area contributed by atoms with Crippen molar-refractivity contribution in [3.63, 3.8) is 0 Å². The smallest absolute Gasteiger partial charge is 0.426 e. The van der Waals surface area contributed by atoms with Crippen LogP contribution in [0.2, 0.25) is 0 Å². The van der Waals surface area contributed by atoms with Crippen molar-refractivity contribution in [2.75, 3.05) is 0 Å². The van der Waals surface area contributed by atoms with E-state index in [2.05, 4.69) is 4.84 Å². The summed E-state index contributed by atoms with van der Waals surface area (Å²) in [5, 5.41) is 0.494. The summed E-state index contributed by atoms with van der Waals surface area (Å²) in [7, 11) is 0. The Hall–Kier alpha value is -1.59. The zero-order chi connectivity index (χ0) is 11.8. The molecule has 0 radical (unpaired) electrons. The van der Waals surface area contributed by atoms with Crippen LogP contribution in [0.5, 0.6) is 0 Å². The number of carbonyl (C=O) groups excluding carboxylic acids is 3. The molecule has 1 aliphatic carbocycles. The fourth-order valence-corrected chi connectivity index (χ4v) is 1.60. The lowest BCUT2D eigenvalue weighted by atomic mass is 10.3. The summed E-state index contributed by atoms with van der Waals surface area (Å²) in [4.78, 5) is 38.2. The van der Waals surface area contributed by atoms with E-state index in [0.717, 1.165) is 12.8 Å². The van der Waals surface area contributed by atoms with Crippen LogP contribution in [-0.2, 0) is 19.2 Å². The average molecular weight is 227 g/mol. The zero-order valence-electron chi connectivity index (χ0n) is 9.02. The van der Waals surface area contributed by atoms with Gasteiger partial charge >= 0.3 is 6.16 Å². The number of ether oxygens (including phenoxy) is 1. The summed E-state index contributed by atoms with van der Waals surface area (Å²) >= 11 is 0. The third kappa shape index (κ3) is 2.00. The van der Waals surface area contributed by atoms with Crippen molar-refractivity contribution >= 4 is 18.0 Å². The van der Waals surface area contributed by atoms with Crippen LogP contribution >= 0.6 is 0 Å². The van der Waals surface area contributed by atoms with E-state index >= 15 is 0 Å². The Morgan fingerprint density at radius 3 is 2.31 bits per heavy atom. The van der Waals surface area contributed by atoms with Crippen LogP contribution in [0, 0.1) is 0 Å². The molecule has 0 aromatic carbocycles. The molecule has 0 unspecified atom stereocenters. The molecule has 1 saturated carbocycles. The maximum atomic E-state index is 11.3. The highest BCUT2D eigenvalue weighted by Gasteiger charge is 2.46. The van der Waals surface area contributed by atoms with Gasteiger partial charge in [-0.1, -0.05) is 12.0 Å². The van der Waals surface area contributed by atoms with E-state index in [1.807, 2.05) is 6.92 Å². The molecule has 6 nitrogen and oxygen atoms in total. The van der Waals surface area contributed by atoms with Gasteiger partial charge in [-0.15, -0.1) is 0 Å². The van der Waals surface area contributed by atoms with Crippen molar-refractivity contribution < 1.29 is 24.0 Å². The molecular weight excluding hydrogens is 214 g/mol. The normalized spacial score (nSPS) is 22.2. The maximum Gasteiger partial charge on any atom is 0.534 e. The number of amides is 2. The maximum absolute atomic E-state index is 11.3. The number of imide groups is 1. The van der Waals surface area contributed by atoms with Gasteiger partial charge in [0.15, 0.2) is 0 Å². The fourth-order valence-electron chi connectivity index (χ4n) is 1.60. The van der Waals surface area contributed by atoms with E-state index in [0.29, 0.717) is 11.5 Å². The quantitative estimate of drug-likeness (QED) is 0.534. The molecule has 1 saturated heterocycles. The highest BCUT2D eigenvalue weighted by atomic mass is 16.8. The standard InChI is InChI=1S/C10H13NO5/c1-2-10(5-6-10)15-9(14)16-11-7(12)3-4-8(11)13/h2-6H2,1H3. The van der Waals surface area contributed by atoms with Crippen molar-refractivity contribution in [2.24, 2.45) is 0 Å². The van der Waals surface area contributed by atoms with E-state index in [-0.39, 0.29) is 12.8 Å². The average Bonchev–Trinajstić information content (AvgIpc) is 2.96. The minimum absolute atomic E-state index is 0.0883. The van der Waals surface area contributed by atoms with Crippen LogP contribution < -0.4 is 0 Å². The number of nitrogens with zero attached hydrogens (tertiary/aromatic N) is 1. The first-order chi connectivity index (χ1) is 7.56. The topological polar surface area (TPSA) is 72.9 Å². The Morgan fingerprint density at radius 2 is 1.88 bits per heavy atom. The summed E-state index contributed by atoms with van der Waals surface area (Å²) in [6.07, 6.45) is 1.53. The van der Waals surface area contributed by atoms with E-state index in [4.69, 9.17) is 4.74 Å². The second-order valence-electron chi connectivity index (χ2n) is 4.06. The molecule has 0 bridgehead atoms. The van der Waals surface area contributed by atoms with Crippen LogP contribution in [-0.4, -0.2) is 28.6 Å². The molecule has 2 fully saturated rings. The van der Waals surface area contributed by atoms with Crippen LogP contribution in [0.3, 0.4) is 0 Å². The lowest BCUT2D eigenvalue weighted by Gasteiger charge is -2.16. The highest BCUT2D eigenvalue weighted by molar-refractivity contribution is 6.01. The Labute approximate surface area is 92.4 Å². The van der Waals surface area contributed by atoms with Gasteiger partial charge in [-0.05, 0) is 19.3 Å². The minimum Gasteiger partial charge on any atom is -0.426 e. The highest BCUT2D eigenvalue weighted by Crippen LogP contribution is 2.42. The SMILES string of the molecule is CCC1(OC(=O)ON2C(=O)CCC2=O)CC1. The Bertz CT molecular complexity index is 331. The van der Waals surface area contributed by atoms with Gasteiger partial charge in [-0.25, -0.2) is 4.79 Å². The van der Waals surface area contributed by atoms with Crippen LogP contribution in [0.15, 0.2) is 0 Å². The summed E-state index contributed by atoms with van der Waals surface area (Å²) in [5.41, 5.74) is -0.428. The first kappa shape index (κ1) is 10.9. The molecule has 0 aromatic heterocycles. The van der Waals surface area contributed by atoms with E-state index < -0.39 is 23.6 Å². The van der Waals surface area contributed by atoms with Crippen molar-refractivity contribution in [1.29, 1.82) is 0 Å². The third-order valence-corrected chi connectivity index (χ3v) is 2.92. The molecule has 16 heavy (non-hydrogen) atoms. The van der Waals surface area contributed by atoms with Gasteiger partial charge in [0, 0.05) is 12.8 Å². The van der Waals surface area contributed by atoms with Gasteiger partial charge in [0.2, 0.25) is 0 Å². The molecule has 0 atom stereocenters. The third-order valence-electron chi connectivity index (χ3n) is 2.92. The number of rotatable bonds is 3. The van der Waals surface area contributed by atoms with Crippen molar-refractivity contribution in [1.82, 2.24) is 5.06 Å². The minimum atomic E-state index is -0.969. The number of hydrogen-bond donors (Lipinski definition) is 0. The number of hydroxylamine groups is 2. The summed E-state index contributed by atoms with van der Waals surface area (Å²) in [6, 6.07) is 0. The largest absolute Gasteiger partial charge is 0.534 e. The lowest BCUT2D eigenvalue weighted by Crippen LogP contribution is -2.34. The molecular formula is C10H13NO5. The second-order valence-corrected chi connectivity index (χ2v) is 4.06. The van der Waals surface area contributed by atoms with Crippen LogP contribution in [0.25, 0.3) is 0 Å². The summed E-state index contributed by atoms with van der Waals surface area (Å²) in [5.74, 6) is -0.994. The Kier molecular flexibility index (Phi) is 2.57. The molecule has 0 N–H and O–H groups in total. The molecule has 1 heterocycles. The monoisotopic (exact) mass is 227 g/mol. The summed E-state index contributed by atoms with van der Waals surface area (Å²) < 4.78 is 5.05. The fraction of sp³-hybridized carbons (Fsp3) is 0.700. The molecule has 1 aliphatic heterocycles. The predicted molar refractivity (Wildman–Crippen MR) is 50.9 cm³/mol. The summed E-state index contributed by atoms with van der Waals surface area (Å²) in [6.45, 7) is 1.91. The molecule has 2 aliphatic rings. The number of carbonyl (C=O) groups is 3. The van der Waals surface area contributed by atoms with Crippen molar-refractivity contribution in [3.05, 3.63) is 0 Å².